The van der Waals surface area contributed by atoms with Gasteiger partial charge in [0.15, 0.2) is 0 Å². The van der Waals surface area contributed by atoms with Crippen molar-refractivity contribution in [3.63, 3.8) is 0 Å². The Balaban J connectivity index is 1.93. The fourth-order valence-electron chi connectivity index (χ4n) is 1.83. The van der Waals surface area contributed by atoms with E-state index < -0.39 is 0 Å². The van der Waals surface area contributed by atoms with E-state index in [2.05, 4.69) is 5.32 Å². The van der Waals surface area contributed by atoms with Crippen LogP contribution in [0.25, 0.3) is 0 Å². The molecular formula is C11H12FNS. The molecule has 3 rings (SSSR count). The van der Waals surface area contributed by atoms with Crippen LogP contribution < -0.4 is 5.32 Å². The van der Waals surface area contributed by atoms with E-state index >= 15 is 0 Å². The Labute approximate surface area is 87.1 Å². The van der Waals surface area contributed by atoms with Crippen LogP contribution in [-0.2, 0) is 0 Å². The quantitative estimate of drug-likeness (QED) is 0.704. The van der Waals surface area contributed by atoms with Crippen LogP contribution in [0, 0.1) is 11.2 Å². The van der Waals surface area contributed by atoms with Crippen LogP contribution in [0.1, 0.15) is 12.8 Å². The van der Waals surface area contributed by atoms with Gasteiger partial charge >= 0.3 is 0 Å². The van der Waals surface area contributed by atoms with Crippen LogP contribution in [-0.4, -0.2) is 12.3 Å². The minimum atomic E-state index is -0.149. The molecule has 0 saturated heterocycles. The summed E-state index contributed by atoms with van der Waals surface area (Å²) in [4.78, 5) is 1.19. The lowest BCUT2D eigenvalue weighted by molar-refractivity contribution is 0.620. The summed E-state index contributed by atoms with van der Waals surface area (Å²) in [5.74, 6) is 1.03. The van der Waals surface area contributed by atoms with Gasteiger partial charge < -0.3 is 5.32 Å². The third-order valence-electron chi connectivity index (χ3n) is 3.09. The van der Waals surface area contributed by atoms with E-state index in [1.165, 1.54) is 23.5 Å². The van der Waals surface area contributed by atoms with Gasteiger partial charge in [-0.15, -0.1) is 11.8 Å². The zero-order chi connectivity index (χ0) is 9.60. The molecular weight excluding hydrogens is 197 g/mol. The Hall–Kier alpha value is -0.700. The predicted octanol–water partition coefficient (Wildman–Crippen LogP) is 3.12. The Morgan fingerprint density at radius 1 is 1.36 bits per heavy atom. The van der Waals surface area contributed by atoms with E-state index in [0.717, 1.165) is 12.2 Å². The summed E-state index contributed by atoms with van der Waals surface area (Å²) in [5, 5.41) is 3.36. The number of rotatable bonds is 0. The van der Waals surface area contributed by atoms with E-state index in [1.54, 1.807) is 12.1 Å². The molecule has 0 unspecified atom stereocenters. The van der Waals surface area contributed by atoms with Crippen molar-refractivity contribution < 1.29 is 4.39 Å². The first-order valence-corrected chi connectivity index (χ1v) is 5.92. The minimum Gasteiger partial charge on any atom is -0.383 e. The van der Waals surface area contributed by atoms with Gasteiger partial charge in [-0.25, -0.2) is 4.39 Å². The summed E-state index contributed by atoms with van der Waals surface area (Å²) >= 11 is 1.86. The largest absolute Gasteiger partial charge is 0.383 e. The van der Waals surface area contributed by atoms with Crippen LogP contribution in [0.5, 0.6) is 0 Å². The van der Waals surface area contributed by atoms with Crippen molar-refractivity contribution in [2.45, 2.75) is 17.7 Å². The number of benzene rings is 1. The van der Waals surface area contributed by atoms with Gasteiger partial charge in [0.25, 0.3) is 0 Å². The topological polar surface area (TPSA) is 12.0 Å². The Kier molecular flexibility index (Phi) is 1.78. The Morgan fingerprint density at radius 2 is 2.21 bits per heavy atom. The highest BCUT2D eigenvalue weighted by Gasteiger charge is 2.43. The smallest absolute Gasteiger partial charge is 0.125 e. The molecule has 1 aliphatic carbocycles. The van der Waals surface area contributed by atoms with Crippen LogP contribution in [0.4, 0.5) is 10.1 Å². The molecule has 1 spiro atoms. The second-order valence-electron chi connectivity index (χ2n) is 4.28. The zero-order valence-electron chi connectivity index (χ0n) is 7.85. The van der Waals surface area contributed by atoms with Crippen molar-refractivity contribution in [2.24, 2.45) is 5.41 Å². The van der Waals surface area contributed by atoms with Crippen molar-refractivity contribution in [2.75, 3.05) is 17.6 Å². The molecule has 1 heterocycles. The van der Waals surface area contributed by atoms with Gasteiger partial charge in [0, 0.05) is 17.2 Å². The maximum absolute atomic E-state index is 13.0. The number of hydrogen-bond donors (Lipinski definition) is 1. The van der Waals surface area contributed by atoms with E-state index in [4.69, 9.17) is 0 Å². The van der Waals surface area contributed by atoms with Gasteiger partial charge in [-0.2, -0.15) is 0 Å². The SMILES string of the molecule is Fc1ccc2c(c1)NCC1(CC1)CS2. The summed E-state index contributed by atoms with van der Waals surface area (Å²) in [5.41, 5.74) is 1.49. The summed E-state index contributed by atoms with van der Waals surface area (Å²) in [6.07, 6.45) is 2.65. The zero-order valence-corrected chi connectivity index (χ0v) is 8.66. The molecule has 1 aliphatic heterocycles. The number of halogens is 1. The first-order valence-electron chi connectivity index (χ1n) is 4.94. The molecule has 3 heteroatoms. The molecule has 0 bridgehead atoms. The molecule has 1 aromatic rings. The summed E-state index contributed by atoms with van der Waals surface area (Å²) in [7, 11) is 0. The lowest BCUT2D eigenvalue weighted by Crippen LogP contribution is -2.15. The van der Waals surface area contributed by atoms with Gasteiger partial charge in [-0.1, -0.05) is 0 Å². The van der Waals surface area contributed by atoms with Gasteiger partial charge in [0.1, 0.15) is 5.82 Å². The number of fused-ring (bicyclic) bond motifs is 1. The van der Waals surface area contributed by atoms with E-state index in [-0.39, 0.29) is 5.82 Å². The highest BCUT2D eigenvalue weighted by atomic mass is 32.2. The predicted molar refractivity (Wildman–Crippen MR) is 57.3 cm³/mol. The third-order valence-corrected chi connectivity index (χ3v) is 4.51. The lowest BCUT2D eigenvalue weighted by atomic mass is 10.1. The fourth-order valence-corrected chi connectivity index (χ4v) is 3.13. The third kappa shape index (κ3) is 1.40. The van der Waals surface area contributed by atoms with Gasteiger partial charge in [-0.05, 0) is 36.5 Å². The lowest BCUT2D eigenvalue weighted by Gasteiger charge is -2.10. The summed E-state index contributed by atoms with van der Waals surface area (Å²) in [6, 6.07) is 5.02. The average molecular weight is 209 g/mol. The summed E-state index contributed by atoms with van der Waals surface area (Å²) in [6.45, 7) is 1.01. The highest BCUT2D eigenvalue weighted by Crippen LogP contribution is 2.51. The summed E-state index contributed by atoms with van der Waals surface area (Å²) < 4.78 is 13.0. The van der Waals surface area contributed by atoms with Gasteiger partial charge in [-0.3, -0.25) is 0 Å². The minimum absolute atomic E-state index is 0.149. The molecule has 14 heavy (non-hydrogen) atoms. The van der Waals surface area contributed by atoms with Crippen LogP contribution in [0.2, 0.25) is 0 Å². The van der Waals surface area contributed by atoms with Crippen LogP contribution in [0.3, 0.4) is 0 Å². The molecule has 1 N–H and O–H groups in total. The maximum Gasteiger partial charge on any atom is 0.125 e. The second kappa shape index (κ2) is 2.89. The van der Waals surface area contributed by atoms with Crippen molar-refractivity contribution in [3.05, 3.63) is 24.0 Å². The average Bonchev–Trinajstić information content (AvgIpc) is 2.96. The van der Waals surface area contributed by atoms with Gasteiger partial charge in [0.05, 0.1) is 5.69 Å². The van der Waals surface area contributed by atoms with Crippen LogP contribution in [0.15, 0.2) is 23.1 Å². The highest BCUT2D eigenvalue weighted by molar-refractivity contribution is 7.99. The van der Waals surface area contributed by atoms with Gasteiger partial charge in [0.2, 0.25) is 0 Å². The molecule has 1 saturated carbocycles. The van der Waals surface area contributed by atoms with E-state index in [0.29, 0.717) is 5.41 Å². The number of hydrogen-bond acceptors (Lipinski definition) is 2. The molecule has 1 aromatic carbocycles. The molecule has 0 atom stereocenters. The Bertz CT molecular complexity index is 374. The Morgan fingerprint density at radius 3 is 3.00 bits per heavy atom. The molecule has 1 fully saturated rings. The molecule has 0 amide bonds. The van der Waals surface area contributed by atoms with E-state index in [1.807, 2.05) is 17.8 Å². The number of anilines is 1. The molecule has 1 nitrogen and oxygen atoms in total. The number of nitrogens with one attached hydrogen (secondary N) is 1. The van der Waals surface area contributed by atoms with Crippen molar-refractivity contribution >= 4 is 17.4 Å². The molecule has 0 radical (unpaired) electrons. The van der Waals surface area contributed by atoms with Crippen molar-refractivity contribution in [3.8, 4) is 0 Å². The van der Waals surface area contributed by atoms with E-state index in [9.17, 15) is 4.39 Å². The molecule has 2 aliphatic rings. The normalized spacial score (nSPS) is 22.4. The first-order chi connectivity index (χ1) is 6.77. The fraction of sp³-hybridized carbons (Fsp3) is 0.455. The van der Waals surface area contributed by atoms with Crippen molar-refractivity contribution in [1.82, 2.24) is 0 Å². The van der Waals surface area contributed by atoms with Crippen LogP contribution >= 0.6 is 11.8 Å². The molecule has 0 aromatic heterocycles. The maximum atomic E-state index is 13.0. The number of thioether (sulfide) groups is 1. The standard InChI is InChI=1S/C11H12FNS/c12-8-1-2-10-9(5-8)13-6-11(3-4-11)7-14-10/h1-2,5,13H,3-4,6-7H2. The molecule has 74 valence electrons. The monoisotopic (exact) mass is 209 g/mol. The second-order valence-corrected chi connectivity index (χ2v) is 5.30. The first kappa shape index (κ1) is 8.60. The van der Waals surface area contributed by atoms with Crippen molar-refractivity contribution in [1.29, 1.82) is 0 Å².